The number of halogens is 3. The van der Waals surface area contributed by atoms with Crippen LogP contribution in [0, 0.1) is 11.2 Å². The monoisotopic (exact) mass is 597 g/mol. The molecule has 2 aliphatic heterocycles. The molecule has 14 heteroatoms. The zero-order valence-electron chi connectivity index (χ0n) is 20.7. The van der Waals surface area contributed by atoms with Gasteiger partial charge in [0.15, 0.2) is 9.84 Å². The SMILES string of the molecule is N[C@H]1CS(=O)(=O)c2cc(F)c(-c3nnc(N4CCC(CO)(CCl)CC4)o3)cc2N(Cc2ccc(Cl)cc2)C1=O. The Bertz CT molecular complexity index is 1490. The second-order valence-corrected chi connectivity index (χ2v) is 12.6. The van der Waals surface area contributed by atoms with Gasteiger partial charge in [0.2, 0.25) is 5.91 Å². The fourth-order valence-electron chi connectivity index (χ4n) is 4.78. The van der Waals surface area contributed by atoms with Crippen LogP contribution in [-0.4, -0.2) is 67.0 Å². The maximum atomic E-state index is 15.4. The number of piperidine rings is 1. The highest BCUT2D eigenvalue weighted by Gasteiger charge is 2.38. The van der Waals surface area contributed by atoms with Crippen LogP contribution in [0.4, 0.5) is 16.1 Å². The third-order valence-corrected chi connectivity index (χ3v) is 9.88. The molecule has 0 radical (unpaired) electrons. The Morgan fingerprint density at radius 3 is 2.51 bits per heavy atom. The first-order valence-corrected chi connectivity index (χ1v) is 14.8. The Kier molecular flexibility index (Phi) is 7.59. The molecule has 10 nitrogen and oxygen atoms in total. The van der Waals surface area contributed by atoms with Crippen LogP contribution in [0.1, 0.15) is 18.4 Å². The molecular formula is C25H26Cl2FN5O5S. The molecule has 3 aromatic rings. The van der Waals surface area contributed by atoms with Crippen LogP contribution in [0.5, 0.6) is 0 Å². The van der Waals surface area contributed by atoms with Crippen molar-refractivity contribution in [1.82, 2.24) is 10.2 Å². The number of aromatic nitrogens is 2. The molecule has 1 atom stereocenters. The van der Waals surface area contributed by atoms with Gasteiger partial charge in [-0.25, -0.2) is 12.8 Å². The van der Waals surface area contributed by atoms with Crippen molar-refractivity contribution in [3.8, 4) is 11.5 Å². The lowest BCUT2D eigenvalue weighted by Crippen LogP contribution is -2.45. The predicted molar refractivity (Wildman–Crippen MR) is 144 cm³/mol. The summed E-state index contributed by atoms with van der Waals surface area (Å²) < 4.78 is 47.3. The molecule has 0 aliphatic carbocycles. The first-order chi connectivity index (χ1) is 18.6. The van der Waals surface area contributed by atoms with Gasteiger partial charge in [0, 0.05) is 36.0 Å². The highest BCUT2D eigenvalue weighted by atomic mass is 35.5. The van der Waals surface area contributed by atoms with Gasteiger partial charge in [0.05, 0.1) is 34.5 Å². The average Bonchev–Trinajstić information content (AvgIpc) is 3.40. The summed E-state index contributed by atoms with van der Waals surface area (Å²) in [7, 11) is -4.10. The van der Waals surface area contributed by atoms with Gasteiger partial charge in [0.1, 0.15) is 5.82 Å². The molecule has 1 aromatic heterocycles. The molecule has 1 fully saturated rings. The highest BCUT2D eigenvalue weighted by Crippen LogP contribution is 2.38. The number of rotatable bonds is 6. The summed E-state index contributed by atoms with van der Waals surface area (Å²) >= 11 is 12.0. The van der Waals surface area contributed by atoms with E-state index in [9.17, 15) is 18.3 Å². The minimum Gasteiger partial charge on any atom is -0.403 e. The van der Waals surface area contributed by atoms with E-state index >= 15 is 4.39 Å². The smallest absolute Gasteiger partial charge is 0.318 e. The van der Waals surface area contributed by atoms with E-state index in [0.29, 0.717) is 42.4 Å². The van der Waals surface area contributed by atoms with Gasteiger partial charge >= 0.3 is 6.01 Å². The van der Waals surface area contributed by atoms with E-state index < -0.39 is 33.4 Å². The molecule has 1 saturated heterocycles. The van der Waals surface area contributed by atoms with Gasteiger partial charge in [-0.1, -0.05) is 28.8 Å². The molecular weight excluding hydrogens is 572 g/mol. The van der Waals surface area contributed by atoms with Crippen LogP contribution in [0.25, 0.3) is 11.5 Å². The summed E-state index contributed by atoms with van der Waals surface area (Å²) in [4.78, 5) is 15.9. The number of carbonyl (C=O) groups excluding carboxylic acids is 1. The molecule has 2 aromatic carbocycles. The van der Waals surface area contributed by atoms with Crippen molar-refractivity contribution < 1.29 is 27.1 Å². The Labute approximate surface area is 234 Å². The Balaban J connectivity index is 1.52. The number of nitrogens with zero attached hydrogens (tertiary/aromatic N) is 4. The second kappa shape index (κ2) is 10.7. The maximum absolute atomic E-state index is 15.4. The van der Waals surface area contributed by atoms with Gasteiger partial charge in [-0.3, -0.25) is 4.79 Å². The van der Waals surface area contributed by atoms with Crippen LogP contribution in [0.15, 0.2) is 45.7 Å². The van der Waals surface area contributed by atoms with Crippen LogP contribution in [0.3, 0.4) is 0 Å². The first kappa shape index (κ1) is 27.8. The molecule has 1 amide bonds. The van der Waals surface area contributed by atoms with Gasteiger partial charge in [-0.05, 0) is 42.7 Å². The van der Waals surface area contributed by atoms with Crippen LogP contribution in [0.2, 0.25) is 5.02 Å². The standard InChI is InChI=1S/C25H26Cl2FN5O5S/c26-13-25(14-34)5-7-32(8-6-25)24-31-30-22(38-24)17-9-20-21(10-18(17)28)39(36,37)12-19(29)23(35)33(20)11-15-1-3-16(27)4-2-15/h1-4,9-10,19,34H,5-8,11-14,29H2/t19-/m0/s1. The number of sulfone groups is 1. The molecule has 0 unspecified atom stereocenters. The number of hydrogen-bond donors (Lipinski definition) is 2. The van der Waals surface area contributed by atoms with Gasteiger partial charge in [-0.2, -0.15) is 0 Å². The van der Waals surface area contributed by atoms with Crippen molar-refractivity contribution in [2.75, 3.05) is 41.1 Å². The number of alkyl halides is 1. The van der Waals surface area contributed by atoms with Gasteiger partial charge < -0.3 is 25.1 Å². The van der Waals surface area contributed by atoms with E-state index in [4.69, 9.17) is 33.4 Å². The normalized spacial score (nSPS) is 20.5. The number of carbonyl (C=O) groups is 1. The van der Waals surface area contributed by atoms with Crippen molar-refractivity contribution in [2.24, 2.45) is 11.1 Å². The fourth-order valence-corrected chi connectivity index (χ4v) is 6.82. The third kappa shape index (κ3) is 5.36. The lowest BCUT2D eigenvalue weighted by atomic mass is 9.81. The molecule has 0 saturated carbocycles. The van der Waals surface area contributed by atoms with E-state index in [2.05, 4.69) is 10.2 Å². The van der Waals surface area contributed by atoms with E-state index in [-0.39, 0.29) is 46.6 Å². The summed E-state index contributed by atoms with van der Waals surface area (Å²) in [5.41, 5.74) is 6.05. The van der Waals surface area contributed by atoms with Crippen molar-refractivity contribution >= 4 is 50.6 Å². The van der Waals surface area contributed by atoms with Crippen molar-refractivity contribution in [3.63, 3.8) is 0 Å². The van der Waals surface area contributed by atoms with Crippen molar-refractivity contribution in [1.29, 1.82) is 0 Å². The minimum atomic E-state index is -4.10. The van der Waals surface area contributed by atoms with Gasteiger partial charge in [0.25, 0.3) is 5.89 Å². The van der Waals surface area contributed by atoms with E-state index in [1.807, 2.05) is 4.90 Å². The number of aliphatic hydroxyl groups is 1. The molecule has 0 spiro atoms. The Hall–Kier alpha value is -2.77. The van der Waals surface area contributed by atoms with Gasteiger partial charge in [-0.15, -0.1) is 16.7 Å². The summed E-state index contributed by atoms with van der Waals surface area (Å²) in [5, 5.41) is 18.3. The zero-order valence-corrected chi connectivity index (χ0v) is 23.0. The van der Waals surface area contributed by atoms with Crippen LogP contribution >= 0.6 is 23.2 Å². The number of amides is 1. The first-order valence-electron chi connectivity index (χ1n) is 12.2. The molecule has 208 valence electrons. The van der Waals surface area contributed by atoms with Crippen LogP contribution in [-0.2, 0) is 21.2 Å². The average molecular weight is 598 g/mol. The van der Waals surface area contributed by atoms with Crippen molar-refractivity contribution in [2.45, 2.75) is 30.3 Å². The molecule has 2 aliphatic rings. The summed E-state index contributed by atoms with van der Waals surface area (Å²) in [5.74, 6) is -2.04. The van der Waals surface area contributed by atoms with E-state index in [1.54, 1.807) is 24.3 Å². The zero-order chi connectivity index (χ0) is 27.9. The second-order valence-electron chi connectivity index (χ2n) is 9.91. The number of benzene rings is 2. The predicted octanol–water partition coefficient (Wildman–Crippen LogP) is 2.99. The number of aliphatic hydroxyl groups excluding tert-OH is 1. The van der Waals surface area contributed by atoms with Crippen molar-refractivity contribution in [3.05, 3.63) is 52.8 Å². The summed E-state index contributed by atoms with van der Waals surface area (Å²) in [6.45, 7) is 0.951. The largest absolute Gasteiger partial charge is 0.403 e. The lowest BCUT2D eigenvalue weighted by molar-refractivity contribution is -0.119. The number of fused-ring (bicyclic) bond motifs is 1. The van der Waals surface area contributed by atoms with E-state index in [1.165, 1.54) is 11.0 Å². The molecule has 5 rings (SSSR count). The summed E-state index contributed by atoms with van der Waals surface area (Å²) in [6.07, 6.45) is 1.22. The number of hydrogen-bond acceptors (Lipinski definition) is 9. The summed E-state index contributed by atoms with van der Waals surface area (Å²) in [6, 6.07) is 7.59. The Morgan fingerprint density at radius 2 is 1.87 bits per heavy atom. The topological polar surface area (TPSA) is 143 Å². The molecule has 0 bridgehead atoms. The third-order valence-electron chi connectivity index (χ3n) is 7.27. The highest BCUT2D eigenvalue weighted by molar-refractivity contribution is 7.91. The number of anilines is 2. The number of nitrogens with two attached hydrogens (primary N) is 1. The lowest BCUT2D eigenvalue weighted by Gasteiger charge is -2.38. The minimum absolute atomic E-state index is 0.0205. The van der Waals surface area contributed by atoms with E-state index in [0.717, 1.165) is 6.07 Å². The maximum Gasteiger partial charge on any atom is 0.318 e. The Morgan fingerprint density at radius 1 is 1.18 bits per heavy atom. The molecule has 3 heterocycles. The molecule has 39 heavy (non-hydrogen) atoms. The quantitative estimate of drug-likeness (QED) is 0.410. The molecule has 3 N–H and O–H groups in total. The fraction of sp³-hybridized carbons (Fsp3) is 0.400. The van der Waals surface area contributed by atoms with Crippen LogP contribution < -0.4 is 15.5 Å².